The Morgan fingerprint density at radius 1 is 1.32 bits per heavy atom. The van der Waals surface area contributed by atoms with Crippen molar-refractivity contribution >= 4 is 5.91 Å². The highest BCUT2D eigenvalue weighted by molar-refractivity contribution is 5.77. The molecule has 0 saturated carbocycles. The summed E-state index contributed by atoms with van der Waals surface area (Å²) in [4.78, 5) is 13.4. The minimum absolute atomic E-state index is 0.107. The smallest absolute Gasteiger partial charge is 0.248 e. The predicted molar refractivity (Wildman–Crippen MR) is 97.0 cm³/mol. The molecule has 0 spiro atoms. The van der Waals surface area contributed by atoms with E-state index in [-0.39, 0.29) is 30.1 Å². The molecular formula is C20H20F2N4O2. The van der Waals surface area contributed by atoms with Crippen molar-refractivity contribution in [3.63, 3.8) is 0 Å². The number of aryl methyl sites for hydroxylation is 1. The van der Waals surface area contributed by atoms with Gasteiger partial charge in [-0.1, -0.05) is 6.07 Å². The topological polar surface area (TPSA) is 90.1 Å². The first-order valence-electron chi connectivity index (χ1n) is 9.11. The number of hydrogen-bond donors (Lipinski definition) is 1. The van der Waals surface area contributed by atoms with Gasteiger partial charge in [0, 0.05) is 19.0 Å². The summed E-state index contributed by atoms with van der Waals surface area (Å²) in [6.45, 7) is -0.0774. The van der Waals surface area contributed by atoms with E-state index < -0.39 is 24.1 Å². The van der Waals surface area contributed by atoms with Gasteiger partial charge in [-0.05, 0) is 43.0 Å². The van der Waals surface area contributed by atoms with Gasteiger partial charge in [0.25, 0.3) is 0 Å². The molecule has 0 aliphatic heterocycles. The maximum absolute atomic E-state index is 14.1. The third-order valence-electron chi connectivity index (χ3n) is 4.93. The van der Waals surface area contributed by atoms with Crippen LogP contribution >= 0.6 is 0 Å². The van der Waals surface area contributed by atoms with Crippen LogP contribution in [0.15, 0.2) is 24.3 Å². The van der Waals surface area contributed by atoms with Crippen LogP contribution in [0.5, 0.6) is 0 Å². The van der Waals surface area contributed by atoms with Crippen molar-refractivity contribution in [2.45, 2.75) is 31.6 Å². The molecule has 1 aromatic carbocycles. The van der Waals surface area contributed by atoms with Crippen LogP contribution < -0.4 is 0 Å². The molecule has 6 nitrogen and oxygen atoms in total. The van der Waals surface area contributed by atoms with Crippen molar-refractivity contribution < 1.29 is 18.7 Å². The van der Waals surface area contributed by atoms with Crippen molar-refractivity contribution in [1.29, 1.82) is 5.26 Å². The highest BCUT2D eigenvalue weighted by atomic mass is 19.1. The van der Waals surface area contributed by atoms with E-state index in [9.17, 15) is 18.7 Å². The van der Waals surface area contributed by atoms with E-state index in [1.165, 1.54) is 23.1 Å². The van der Waals surface area contributed by atoms with Gasteiger partial charge in [-0.15, -0.1) is 0 Å². The van der Waals surface area contributed by atoms with Gasteiger partial charge in [-0.3, -0.25) is 4.79 Å². The zero-order valence-electron chi connectivity index (χ0n) is 15.2. The molecule has 1 unspecified atom stereocenters. The Morgan fingerprint density at radius 3 is 2.75 bits per heavy atom. The van der Waals surface area contributed by atoms with Crippen LogP contribution in [0.25, 0.3) is 11.3 Å². The quantitative estimate of drug-likeness (QED) is 0.824. The number of fused-ring (bicyclic) bond motifs is 1. The lowest BCUT2D eigenvalue weighted by Crippen LogP contribution is -2.38. The summed E-state index contributed by atoms with van der Waals surface area (Å²) in [7, 11) is 0. The second-order valence-corrected chi connectivity index (χ2v) is 6.73. The van der Waals surface area contributed by atoms with Crippen LogP contribution in [0.2, 0.25) is 0 Å². The number of benzene rings is 1. The molecular weight excluding hydrogens is 366 g/mol. The Kier molecular flexibility index (Phi) is 6.26. The van der Waals surface area contributed by atoms with E-state index in [2.05, 4.69) is 10.2 Å². The number of carbonyl (C=O) groups is 1. The van der Waals surface area contributed by atoms with Crippen LogP contribution in [0.3, 0.4) is 0 Å². The predicted octanol–water partition coefficient (Wildman–Crippen LogP) is 2.58. The summed E-state index contributed by atoms with van der Waals surface area (Å²) in [6, 6.07) is 7.30. The third kappa shape index (κ3) is 4.15. The number of rotatable bonds is 6. The lowest BCUT2D eigenvalue weighted by molar-refractivity contribution is -0.134. The first-order valence-corrected chi connectivity index (χ1v) is 9.11. The van der Waals surface area contributed by atoms with Crippen LogP contribution in [-0.2, 0) is 11.2 Å². The third-order valence-corrected chi connectivity index (χ3v) is 4.93. The number of hydrogen-bond acceptors (Lipinski definition) is 5. The summed E-state index contributed by atoms with van der Waals surface area (Å²) < 4.78 is 28.1. The van der Waals surface area contributed by atoms with E-state index in [1.54, 1.807) is 6.07 Å². The van der Waals surface area contributed by atoms with Crippen LogP contribution in [-0.4, -0.2) is 45.8 Å². The lowest BCUT2D eigenvalue weighted by Gasteiger charge is -2.30. The number of nitriles is 1. The summed E-state index contributed by atoms with van der Waals surface area (Å²) in [6.07, 6.45) is 2.48. The monoisotopic (exact) mass is 386 g/mol. The van der Waals surface area contributed by atoms with Gasteiger partial charge >= 0.3 is 0 Å². The van der Waals surface area contributed by atoms with E-state index in [1.807, 2.05) is 6.07 Å². The van der Waals surface area contributed by atoms with Gasteiger partial charge in [0.1, 0.15) is 18.2 Å². The molecule has 0 saturated heterocycles. The van der Waals surface area contributed by atoms with Gasteiger partial charge in [0.05, 0.1) is 29.4 Å². The molecule has 3 rings (SSSR count). The number of aliphatic hydroxyl groups is 1. The number of carbonyl (C=O) groups excluding carboxylic acids is 1. The maximum Gasteiger partial charge on any atom is 0.248 e. The molecule has 2 aromatic rings. The van der Waals surface area contributed by atoms with Crippen LogP contribution in [0, 0.1) is 23.0 Å². The van der Waals surface area contributed by atoms with E-state index in [4.69, 9.17) is 5.26 Å². The van der Waals surface area contributed by atoms with E-state index in [0.29, 0.717) is 18.7 Å². The maximum atomic E-state index is 14.1. The zero-order chi connectivity index (χ0) is 20.1. The molecule has 8 heteroatoms. The number of aromatic nitrogens is 2. The van der Waals surface area contributed by atoms with E-state index >= 15 is 0 Å². The molecule has 1 aliphatic rings. The molecule has 1 atom stereocenters. The molecule has 0 radical (unpaired) electrons. The Balaban J connectivity index is 1.88. The minimum Gasteiger partial charge on any atom is -0.387 e. The van der Waals surface area contributed by atoms with Gasteiger partial charge in [0.15, 0.2) is 0 Å². The molecule has 1 aromatic heterocycles. The Labute approximate surface area is 161 Å². The standard InChI is InChI=1S/C20H20F2N4O2/c21-15-6-2-7-16(22)19(15)17-10-13-4-1-5-14(20(13)25-24-17)11-26(9-3-8-23)18(28)12-27/h2,6-7,10,14,27H,1,3-5,9,11-12H2. The highest BCUT2D eigenvalue weighted by Crippen LogP contribution is 2.33. The molecule has 1 N–H and O–H groups in total. The van der Waals surface area contributed by atoms with Gasteiger partial charge in [-0.2, -0.15) is 15.5 Å². The number of nitrogens with zero attached hydrogens (tertiary/aromatic N) is 4. The number of amides is 1. The normalized spacial score (nSPS) is 15.6. The summed E-state index contributed by atoms with van der Waals surface area (Å²) >= 11 is 0. The van der Waals surface area contributed by atoms with Gasteiger partial charge in [-0.25, -0.2) is 8.78 Å². The van der Waals surface area contributed by atoms with Crippen LogP contribution in [0.1, 0.15) is 36.4 Å². The largest absolute Gasteiger partial charge is 0.387 e. The Morgan fingerprint density at radius 2 is 2.07 bits per heavy atom. The zero-order valence-corrected chi connectivity index (χ0v) is 15.2. The summed E-state index contributed by atoms with van der Waals surface area (Å²) in [5.74, 6) is -1.94. The number of halogens is 2. The first-order chi connectivity index (χ1) is 13.5. The van der Waals surface area contributed by atoms with E-state index in [0.717, 1.165) is 18.4 Å². The molecule has 0 fully saturated rings. The average molecular weight is 386 g/mol. The van der Waals surface area contributed by atoms with Gasteiger partial charge < -0.3 is 10.0 Å². The summed E-state index contributed by atoms with van der Waals surface area (Å²) in [5.41, 5.74) is 1.48. The number of aliphatic hydroxyl groups excluding tert-OH is 1. The Hall–Kier alpha value is -2.92. The van der Waals surface area contributed by atoms with Crippen molar-refractivity contribution in [2.24, 2.45) is 0 Å². The highest BCUT2D eigenvalue weighted by Gasteiger charge is 2.27. The fourth-order valence-electron chi connectivity index (χ4n) is 3.57. The van der Waals surface area contributed by atoms with Crippen molar-refractivity contribution in [2.75, 3.05) is 19.7 Å². The molecule has 28 heavy (non-hydrogen) atoms. The van der Waals surface area contributed by atoms with Crippen molar-refractivity contribution in [3.8, 4) is 17.3 Å². The molecule has 1 aliphatic carbocycles. The molecule has 0 bridgehead atoms. The second kappa shape index (κ2) is 8.85. The first kappa shape index (κ1) is 19.8. The average Bonchev–Trinajstić information content (AvgIpc) is 2.70. The SMILES string of the molecule is N#CCCN(CC1CCCc2cc(-c3c(F)cccc3F)nnc21)C(=O)CO. The fraction of sp³-hybridized carbons (Fsp3) is 0.400. The molecule has 1 amide bonds. The molecule has 146 valence electrons. The lowest BCUT2D eigenvalue weighted by atomic mass is 9.86. The minimum atomic E-state index is -0.696. The second-order valence-electron chi connectivity index (χ2n) is 6.73. The van der Waals surface area contributed by atoms with Gasteiger partial charge in [0.2, 0.25) is 5.91 Å². The Bertz CT molecular complexity index is 893. The van der Waals surface area contributed by atoms with Crippen molar-refractivity contribution in [3.05, 3.63) is 47.2 Å². The molecule has 1 heterocycles. The van der Waals surface area contributed by atoms with Crippen LogP contribution in [0.4, 0.5) is 8.78 Å². The van der Waals surface area contributed by atoms with Crippen molar-refractivity contribution in [1.82, 2.24) is 15.1 Å². The fourth-order valence-corrected chi connectivity index (χ4v) is 3.57. The summed E-state index contributed by atoms with van der Waals surface area (Å²) in [5, 5.41) is 26.2.